The van der Waals surface area contributed by atoms with Crippen LogP contribution in [0.2, 0.25) is 0 Å². The van der Waals surface area contributed by atoms with Gasteiger partial charge < -0.3 is 0 Å². The highest BCUT2D eigenvalue weighted by molar-refractivity contribution is 9.10. The molecule has 0 saturated carbocycles. The molecule has 0 bridgehead atoms. The molecule has 0 N–H and O–H groups in total. The molecular formula is C13H21BrN4. The molecule has 1 heterocycles. The first-order chi connectivity index (χ1) is 8.45. The second-order valence-electron chi connectivity index (χ2n) is 5.01. The Hall–Kier alpha value is -0.860. The van der Waals surface area contributed by atoms with Crippen LogP contribution in [0.5, 0.6) is 0 Å². The predicted molar refractivity (Wildman–Crippen MR) is 76.0 cm³/mol. The fraction of sp³-hybridized carbons (Fsp3) is 0.692. The van der Waals surface area contributed by atoms with Crippen molar-refractivity contribution in [3.63, 3.8) is 0 Å². The molecule has 1 rings (SSSR count). The normalized spacial score (nSPS) is 11.2. The highest BCUT2D eigenvalue weighted by atomic mass is 79.9. The van der Waals surface area contributed by atoms with Crippen molar-refractivity contribution in [2.24, 2.45) is 13.0 Å². The van der Waals surface area contributed by atoms with E-state index in [-0.39, 0.29) is 0 Å². The van der Waals surface area contributed by atoms with Gasteiger partial charge in [-0.1, -0.05) is 13.8 Å². The highest BCUT2D eigenvalue weighted by Crippen LogP contribution is 2.22. The Balaban J connectivity index is 2.78. The quantitative estimate of drug-likeness (QED) is 0.811. The summed E-state index contributed by atoms with van der Waals surface area (Å²) in [6.07, 6.45) is 0.571. The van der Waals surface area contributed by atoms with Crippen molar-refractivity contribution in [1.82, 2.24) is 14.7 Å². The van der Waals surface area contributed by atoms with E-state index in [0.29, 0.717) is 12.3 Å². The molecule has 0 unspecified atom stereocenters. The third-order valence-electron chi connectivity index (χ3n) is 2.80. The molecule has 0 aliphatic carbocycles. The van der Waals surface area contributed by atoms with Gasteiger partial charge in [0.15, 0.2) is 0 Å². The molecule has 18 heavy (non-hydrogen) atoms. The van der Waals surface area contributed by atoms with Crippen LogP contribution in [0, 0.1) is 24.2 Å². The van der Waals surface area contributed by atoms with Crippen molar-refractivity contribution in [1.29, 1.82) is 5.26 Å². The minimum Gasteiger partial charge on any atom is -0.296 e. The molecule has 0 amide bonds. The van der Waals surface area contributed by atoms with Crippen molar-refractivity contribution in [3.8, 4) is 6.07 Å². The first kappa shape index (κ1) is 15.2. The third kappa shape index (κ3) is 4.11. The molecule has 0 radical (unpaired) electrons. The van der Waals surface area contributed by atoms with Gasteiger partial charge >= 0.3 is 0 Å². The molecule has 5 heteroatoms. The lowest BCUT2D eigenvalue weighted by atomic mass is 10.2. The SMILES string of the molecule is Cc1nn(C)c(CN(CCC#N)CC(C)C)c1Br. The molecule has 0 aliphatic rings. The number of nitrogens with zero attached hydrogens (tertiary/aromatic N) is 4. The Bertz CT molecular complexity index is 431. The topological polar surface area (TPSA) is 44.9 Å². The maximum atomic E-state index is 8.73. The van der Waals surface area contributed by atoms with Gasteiger partial charge in [0.25, 0.3) is 0 Å². The lowest BCUT2D eigenvalue weighted by Gasteiger charge is -2.23. The summed E-state index contributed by atoms with van der Waals surface area (Å²) >= 11 is 3.59. The van der Waals surface area contributed by atoms with E-state index in [1.54, 1.807) is 0 Å². The molecule has 1 aromatic rings. The van der Waals surface area contributed by atoms with Gasteiger partial charge in [0, 0.05) is 33.1 Å². The van der Waals surface area contributed by atoms with Gasteiger partial charge in [-0.25, -0.2) is 0 Å². The molecule has 0 aromatic carbocycles. The van der Waals surface area contributed by atoms with Crippen LogP contribution in [-0.4, -0.2) is 27.8 Å². The second kappa shape index (κ2) is 6.91. The fourth-order valence-corrected chi connectivity index (χ4v) is 2.48. The van der Waals surface area contributed by atoms with E-state index >= 15 is 0 Å². The summed E-state index contributed by atoms with van der Waals surface area (Å²) in [4.78, 5) is 2.31. The Kier molecular flexibility index (Phi) is 5.83. The summed E-state index contributed by atoms with van der Waals surface area (Å²) in [7, 11) is 1.96. The van der Waals surface area contributed by atoms with E-state index in [1.165, 1.54) is 5.69 Å². The van der Waals surface area contributed by atoms with Crippen LogP contribution in [-0.2, 0) is 13.6 Å². The van der Waals surface area contributed by atoms with Crippen molar-refractivity contribution in [2.75, 3.05) is 13.1 Å². The predicted octanol–water partition coefficient (Wildman–Crippen LogP) is 2.86. The number of aryl methyl sites for hydroxylation is 2. The fourth-order valence-electron chi connectivity index (χ4n) is 2.02. The minimum atomic E-state index is 0.571. The monoisotopic (exact) mass is 312 g/mol. The van der Waals surface area contributed by atoms with Crippen LogP contribution in [0.3, 0.4) is 0 Å². The highest BCUT2D eigenvalue weighted by Gasteiger charge is 2.15. The number of nitriles is 1. The zero-order valence-electron chi connectivity index (χ0n) is 11.6. The summed E-state index contributed by atoms with van der Waals surface area (Å²) in [5.74, 6) is 0.594. The molecule has 0 saturated heterocycles. The second-order valence-corrected chi connectivity index (χ2v) is 5.80. The van der Waals surface area contributed by atoms with E-state index in [1.807, 2.05) is 18.7 Å². The van der Waals surface area contributed by atoms with Gasteiger partial charge in [-0.3, -0.25) is 9.58 Å². The van der Waals surface area contributed by atoms with Gasteiger partial charge in [0.05, 0.1) is 21.9 Å². The van der Waals surface area contributed by atoms with Crippen LogP contribution >= 0.6 is 15.9 Å². The number of halogens is 1. The summed E-state index contributed by atoms with van der Waals surface area (Å²) in [5, 5.41) is 13.1. The van der Waals surface area contributed by atoms with Crippen LogP contribution in [0.25, 0.3) is 0 Å². The molecular weight excluding hydrogens is 292 g/mol. The van der Waals surface area contributed by atoms with Crippen LogP contribution in [0.4, 0.5) is 0 Å². The van der Waals surface area contributed by atoms with Gasteiger partial charge in [-0.05, 0) is 28.8 Å². The molecule has 0 spiro atoms. The third-order valence-corrected chi connectivity index (χ3v) is 3.83. The number of hydrogen-bond acceptors (Lipinski definition) is 3. The van der Waals surface area contributed by atoms with E-state index in [4.69, 9.17) is 5.26 Å². The average Bonchev–Trinajstić information content (AvgIpc) is 2.52. The minimum absolute atomic E-state index is 0.571. The standard InChI is InChI=1S/C13H21BrN4/c1-10(2)8-18(7-5-6-15)9-12-13(14)11(3)16-17(12)4/h10H,5,7-9H2,1-4H3. The van der Waals surface area contributed by atoms with Gasteiger partial charge in [0.2, 0.25) is 0 Å². The van der Waals surface area contributed by atoms with Gasteiger partial charge in [-0.15, -0.1) is 0 Å². The van der Waals surface area contributed by atoms with Crippen LogP contribution < -0.4 is 0 Å². The summed E-state index contributed by atoms with van der Waals surface area (Å²) in [6, 6.07) is 2.22. The number of rotatable bonds is 6. The Morgan fingerprint density at radius 2 is 2.17 bits per heavy atom. The lowest BCUT2D eigenvalue weighted by Crippen LogP contribution is -2.29. The first-order valence-electron chi connectivity index (χ1n) is 6.23. The number of hydrogen-bond donors (Lipinski definition) is 0. The maximum Gasteiger partial charge on any atom is 0.0739 e. The smallest absolute Gasteiger partial charge is 0.0739 e. The average molecular weight is 313 g/mol. The molecule has 100 valence electrons. The first-order valence-corrected chi connectivity index (χ1v) is 7.02. The molecule has 4 nitrogen and oxygen atoms in total. The number of aromatic nitrogens is 2. The van der Waals surface area contributed by atoms with Crippen LogP contribution in [0.15, 0.2) is 4.47 Å². The maximum absolute atomic E-state index is 8.73. The van der Waals surface area contributed by atoms with Gasteiger partial charge in [0.1, 0.15) is 0 Å². The largest absolute Gasteiger partial charge is 0.296 e. The van der Waals surface area contributed by atoms with Gasteiger partial charge in [-0.2, -0.15) is 10.4 Å². The van der Waals surface area contributed by atoms with E-state index < -0.39 is 0 Å². The molecule has 0 aliphatic heterocycles. The van der Waals surface area contributed by atoms with Crippen molar-refractivity contribution in [3.05, 3.63) is 15.9 Å². The van der Waals surface area contributed by atoms with Crippen molar-refractivity contribution >= 4 is 15.9 Å². The Labute approximate surface area is 118 Å². The summed E-state index contributed by atoms with van der Waals surface area (Å²) in [6.45, 7) is 9.03. The molecule has 0 fully saturated rings. The van der Waals surface area contributed by atoms with E-state index in [0.717, 1.165) is 29.8 Å². The zero-order valence-corrected chi connectivity index (χ0v) is 13.2. The van der Waals surface area contributed by atoms with Crippen LogP contribution in [0.1, 0.15) is 31.7 Å². The summed E-state index contributed by atoms with van der Waals surface area (Å²) in [5.41, 5.74) is 2.18. The van der Waals surface area contributed by atoms with Crippen molar-refractivity contribution in [2.45, 2.75) is 33.7 Å². The Morgan fingerprint density at radius 3 is 2.61 bits per heavy atom. The lowest BCUT2D eigenvalue weighted by molar-refractivity contribution is 0.235. The van der Waals surface area contributed by atoms with Crippen molar-refractivity contribution < 1.29 is 0 Å². The summed E-state index contributed by atoms with van der Waals surface area (Å²) < 4.78 is 3.00. The van der Waals surface area contributed by atoms with E-state index in [2.05, 4.69) is 45.8 Å². The van der Waals surface area contributed by atoms with E-state index in [9.17, 15) is 0 Å². The zero-order chi connectivity index (χ0) is 13.7. The molecule has 0 atom stereocenters. The Morgan fingerprint density at radius 1 is 1.50 bits per heavy atom. The molecule has 1 aromatic heterocycles.